The van der Waals surface area contributed by atoms with Crippen LogP contribution in [0, 0.1) is 5.92 Å². The molecule has 1 heterocycles. The first-order valence-corrected chi connectivity index (χ1v) is 3.94. The van der Waals surface area contributed by atoms with Crippen LogP contribution in [0.15, 0.2) is 0 Å². The Kier molecular flexibility index (Phi) is 2.32. The maximum atomic E-state index is 9.44. The summed E-state index contributed by atoms with van der Waals surface area (Å²) < 4.78 is 5.42. The molecule has 0 amide bonds. The molecule has 0 aromatic carbocycles. The SMILES string of the molecule is CC1CC(C)C(O)C(C)O1. The Bertz CT molecular complexity index is 102. The summed E-state index contributed by atoms with van der Waals surface area (Å²) in [7, 11) is 0. The maximum absolute atomic E-state index is 9.44. The minimum Gasteiger partial charge on any atom is -0.390 e. The zero-order chi connectivity index (χ0) is 7.72. The van der Waals surface area contributed by atoms with Crippen molar-refractivity contribution >= 4 is 0 Å². The fourth-order valence-electron chi connectivity index (χ4n) is 1.63. The van der Waals surface area contributed by atoms with Gasteiger partial charge in [-0.15, -0.1) is 0 Å². The number of aliphatic hydroxyl groups is 1. The average Bonchev–Trinajstić information content (AvgIpc) is 1.82. The van der Waals surface area contributed by atoms with E-state index in [0.29, 0.717) is 12.0 Å². The first kappa shape index (κ1) is 8.02. The highest BCUT2D eigenvalue weighted by molar-refractivity contribution is 4.78. The molecular weight excluding hydrogens is 128 g/mol. The molecule has 0 aliphatic carbocycles. The minimum absolute atomic E-state index is 0.0127. The van der Waals surface area contributed by atoms with Crippen molar-refractivity contribution in [2.24, 2.45) is 5.92 Å². The van der Waals surface area contributed by atoms with Gasteiger partial charge >= 0.3 is 0 Å². The Balaban J connectivity index is 2.49. The van der Waals surface area contributed by atoms with Crippen molar-refractivity contribution < 1.29 is 9.84 Å². The molecule has 0 aromatic rings. The van der Waals surface area contributed by atoms with E-state index in [1.165, 1.54) is 0 Å². The molecule has 0 spiro atoms. The van der Waals surface area contributed by atoms with E-state index in [1.54, 1.807) is 0 Å². The second kappa shape index (κ2) is 2.89. The molecule has 1 N–H and O–H groups in total. The highest BCUT2D eigenvalue weighted by Crippen LogP contribution is 2.24. The van der Waals surface area contributed by atoms with E-state index in [2.05, 4.69) is 13.8 Å². The van der Waals surface area contributed by atoms with Crippen molar-refractivity contribution in [2.45, 2.75) is 45.5 Å². The van der Waals surface area contributed by atoms with E-state index in [4.69, 9.17) is 4.74 Å². The molecule has 10 heavy (non-hydrogen) atoms. The van der Waals surface area contributed by atoms with Crippen molar-refractivity contribution in [3.8, 4) is 0 Å². The second-order valence-electron chi connectivity index (χ2n) is 3.36. The van der Waals surface area contributed by atoms with E-state index in [0.717, 1.165) is 6.42 Å². The lowest BCUT2D eigenvalue weighted by Gasteiger charge is -2.34. The lowest BCUT2D eigenvalue weighted by Crippen LogP contribution is -2.41. The number of hydrogen-bond acceptors (Lipinski definition) is 2. The number of hydrogen-bond donors (Lipinski definition) is 1. The molecule has 0 radical (unpaired) electrons. The van der Waals surface area contributed by atoms with E-state index in [-0.39, 0.29) is 12.2 Å². The van der Waals surface area contributed by atoms with Crippen LogP contribution < -0.4 is 0 Å². The Morgan fingerprint density at radius 2 is 1.90 bits per heavy atom. The fourth-order valence-corrected chi connectivity index (χ4v) is 1.63. The quantitative estimate of drug-likeness (QED) is 0.553. The van der Waals surface area contributed by atoms with Gasteiger partial charge < -0.3 is 9.84 Å². The van der Waals surface area contributed by atoms with Crippen LogP contribution in [-0.2, 0) is 4.74 Å². The number of aliphatic hydroxyl groups excluding tert-OH is 1. The first-order valence-electron chi connectivity index (χ1n) is 3.94. The van der Waals surface area contributed by atoms with E-state index >= 15 is 0 Å². The molecule has 2 heteroatoms. The minimum atomic E-state index is -0.267. The van der Waals surface area contributed by atoms with Gasteiger partial charge in [-0.1, -0.05) is 6.92 Å². The van der Waals surface area contributed by atoms with Crippen LogP contribution in [0.1, 0.15) is 27.2 Å². The third kappa shape index (κ3) is 1.50. The summed E-state index contributed by atoms with van der Waals surface area (Å²) in [5, 5.41) is 9.44. The van der Waals surface area contributed by atoms with E-state index in [1.807, 2.05) is 6.92 Å². The Labute approximate surface area is 62.2 Å². The maximum Gasteiger partial charge on any atom is 0.0825 e. The third-order valence-corrected chi connectivity index (χ3v) is 2.21. The second-order valence-corrected chi connectivity index (χ2v) is 3.36. The summed E-state index contributed by atoms with van der Waals surface area (Å²) in [5.41, 5.74) is 0. The topological polar surface area (TPSA) is 29.5 Å². The van der Waals surface area contributed by atoms with Crippen molar-refractivity contribution in [2.75, 3.05) is 0 Å². The molecule has 1 fully saturated rings. The molecule has 2 nitrogen and oxygen atoms in total. The summed E-state index contributed by atoms with van der Waals surface area (Å²) in [4.78, 5) is 0. The Morgan fingerprint density at radius 3 is 2.40 bits per heavy atom. The molecule has 4 atom stereocenters. The van der Waals surface area contributed by atoms with Gasteiger partial charge in [0, 0.05) is 0 Å². The summed E-state index contributed by atoms with van der Waals surface area (Å²) in [6.07, 6.45) is 1.04. The molecule has 1 rings (SSSR count). The largest absolute Gasteiger partial charge is 0.390 e. The van der Waals surface area contributed by atoms with Gasteiger partial charge in [0.25, 0.3) is 0 Å². The summed E-state index contributed by atoms with van der Waals surface area (Å²) >= 11 is 0. The standard InChI is InChI=1S/C8H16O2/c1-5-4-6(2)10-7(3)8(5)9/h5-9H,4H2,1-3H3. The van der Waals surface area contributed by atoms with Gasteiger partial charge in [-0.2, -0.15) is 0 Å². The highest BCUT2D eigenvalue weighted by Gasteiger charge is 2.29. The lowest BCUT2D eigenvalue weighted by atomic mass is 9.92. The highest BCUT2D eigenvalue weighted by atomic mass is 16.5. The fraction of sp³-hybridized carbons (Fsp3) is 1.00. The van der Waals surface area contributed by atoms with E-state index < -0.39 is 0 Å². The number of rotatable bonds is 0. The van der Waals surface area contributed by atoms with Gasteiger partial charge in [-0.3, -0.25) is 0 Å². The van der Waals surface area contributed by atoms with Crippen molar-refractivity contribution in [3.63, 3.8) is 0 Å². The Hall–Kier alpha value is -0.0800. The van der Waals surface area contributed by atoms with Crippen LogP contribution in [0.2, 0.25) is 0 Å². The first-order chi connectivity index (χ1) is 4.61. The van der Waals surface area contributed by atoms with E-state index in [9.17, 15) is 5.11 Å². The van der Waals surface area contributed by atoms with Crippen molar-refractivity contribution in [1.82, 2.24) is 0 Å². The van der Waals surface area contributed by atoms with Crippen LogP contribution in [-0.4, -0.2) is 23.4 Å². The molecule has 60 valence electrons. The van der Waals surface area contributed by atoms with Crippen LogP contribution in [0.25, 0.3) is 0 Å². The van der Waals surface area contributed by atoms with Crippen molar-refractivity contribution in [3.05, 3.63) is 0 Å². The van der Waals surface area contributed by atoms with Gasteiger partial charge in [-0.25, -0.2) is 0 Å². The summed E-state index contributed by atoms with van der Waals surface area (Å²) in [6.45, 7) is 6.05. The van der Waals surface area contributed by atoms with Gasteiger partial charge in [0.15, 0.2) is 0 Å². The summed E-state index contributed by atoms with van der Waals surface area (Å²) in [6, 6.07) is 0. The summed E-state index contributed by atoms with van der Waals surface area (Å²) in [5.74, 6) is 0.388. The van der Waals surface area contributed by atoms with Crippen molar-refractivity contribution in [1.29, 1.82) is 0 Å². The molecule has 4 unspecified atom stereocenters. The molecule has 1 aliphatic rings. The van der Waals surface area contributed by atoms with Gasteiger partial charge in [0.2, 0.25) is 0 Å². The molecule has 0 bridgehead atoms. The predicted octanol–water partition coefficient (Wildman–Crippen LogP) is 1.18. The Morgan fingerprint density at radius 1 is 1.30 bits per heavy atom. The van der Waals surface area contributed by atoms with Gasteiger partial charge in [-0.05, 0) is 26.2 Å². The smallest absolute Gasteiger partial charge is 0.0825 e. The van der Waals surface area contributed by atoms with Crippen LogP contribution >= 0.6 is 0 Å². The third-order valence-electron chi connectivity index (χ3n) is 2.21. The van der Waals surface area contributed by atoms with Gasteiger partial charge in [0.05, 0.1) is 18.3 Å². The van der Waals surface area contributed by atoms with Gasteiger partial charge in [0.1, 0.15) is 0 Å². The van der Waals surface area contributed by atoms with Crippen LogP contribution in [0.4, 0.5) is 0 Å². The zero-order valence-electron chi connectivity index (χ0n) is 6.87. The van der Waals surface area contributed by atoms with Crippen LogP contribution in [0.5, 0.6) is 0 Å². The predicted molar refractivity (Wildman–Crippen MR) is 39.8 cm³/mol. The normalized spacial score (nSPS) is 49.2. The zero-order valence-corrected chi connectivity index (χ0v) is 6.87. The molecule has 1 saturated heterocycles. The number of ether oxygens (including phenoxy) is 1. The molecule has 0 aromatic heterocycles. The monoisotopic (exact) mass is 144 g/mol. The molecule has 0 saturated carbocycles. The molecule has 1 aliphatic heterocycles. The van der Waals surface area contributed by atoms with Crippen LogP contribution in [0.3, 0.4) is 0 Å². The molecular formula is C8H16O2. The average molecular weight is 144 g/mol. The lowest BCUT2D eigenvalue weighted by molar-refractivity contribution is -0.126.